The second-order valence-corrected chi connectivity index (χ2v) is 6.24. The molecular formula is C17H16BrFO. The summed E-state index contributed by atoms with van der Waals surface area (Å²) in [5.41, 5.74) is 3.49. The fourth-order valence-electron chi connectivity index (χ4n) is 2.96. The van der Waals surface area contributed by atoms with E-state index in [-0.39, 0.29) is 11.7 Å². The summed E-state index contributed by atoms with van der Waals surface area (Å²) >= 11 is 3.18. The zero-order valence-corrected chi connectivity index (χ0v) is 12.6. The van der Waals surface area contributed by atoms with Gasteiger partial charge in [-0.1, -0.05) is 30.3 Å². The van der Waals surface area contributed by atoms with Crippen LogP contribution in [0.3, 0.4) is 0 Å². The van der Waals surface area contributed by atoms with Crippen LogP contribution in [0.25, 0.3) is 0 Å². The van der Waals surface area contributed by atoms with E-state index in [9.17, 15) is 9.50 Å². The SMILES string of the molecule is OC(c1ccc(F)c(Br)c1)C1CCc2ccccc2C1. The van der Waals surface area contributed by atoms with E-state index in [0.717, 1.165) is 24.8 Å². The lowest BCUT2D eigenvalue weighted by molar-refractivity contribution is 0.0994. The lowest BCUT2D eigenvalue weighted by atomic mass is 9.79. The number of hydrogen-bond donors (Lipinski definition) is 1. The largest absolute Gasteiger partial charge is 0.388 e. The van der Waals surface area contributed by atoms with Gasteiger partial charge in [-0.3, -0.25) is 0 Å². The number of hydrogen-bond acceptors (Lipinski definition) is 1. The number of rotatable bonds is 2. The number of aryl methyl sites for hydroxylation is 1. The number of aliphatic hydroxyl groups is 1. The minimum atomic E-state index is -0.541. The maximum absolute atomic E-state index is 13.3. The van der Waals surface area contributed by atoms with Crippen LogP contribution in [0.1, 0.15) is 29.2 Å². The molecule has 1 nitrogen and oxygen atoms in total. The number of fused-ring (bicyclic) bond motifs is 1. The normalized spacial score (nSPS) is 19.4. The third-order valence-corrected chi connectivity index (χ3v) is 4.72. The average Bonchev–Trinajstić information content (AvgIpc) is 2.49. The Labute approximate surface area is 126 Å². The monoisotopic (exact) mass is 334 g/mol. The highest BCUT2D eigenvalue weighted by Crippen LogP contribution is 2.35. The molecule has 0 bridgehead atoms. The molecule has 0 amide bonds. The highest BCUT2D eigenvalue weighted by Gasteiger charge is 2.26. The molecule has 0 spiro atoms. The third-order valence-electron chi connectivity index (χ3n) is 4.12. The molecule has 0 saturated carbocycles. The first-order chi connectivity index (χ1) is 9.65. The van der Waals surface area contributed by atoms with Crippen molar-refractivity contribution in [2.24, 2.45) is 5.92 Å². The number of benzene rings is 2. The fraction of sp³-hybridized carbons (Fsp3) is 0.294. The second-order valence-electron chi connectivity index (χ2n) is 5.39. The Morgan fingerprint density at radius 2 is 1.90 bits per heavy atom. The fourth-order valence-corrected chi connectivity index (χ4v) is 3.36. The maximum Gasteiger partial charge on any atom is 0.137 e. The molecule has 0 aliphatic heterocycles. The van der Waals surface area contributed by atoms with Crippen molar-refractivity contribution in [1.29, 1.82) is 0 Å². The summed E-state index contributed by atoms with van der Waals surface area (Å²) in [5.74, 6) is -0.0998. The van der Waals surface area contributed by atoms with Crippen LogP contribution in [0.15, 0.2) is 46.9 Å². The molecule has 0 saturated heterocycles. The van der Waals surface area contributed by atoms with Gasteiger partial charge in [0.25, 0.3) is 0 Å². The molecule has 2 atom stereocenters. The summed E-state index contributed by atoms with van der Waals surface area (Å²) in [6.45, 7) is 0. The van der Waals surface area contributed by atoms with Gasteiger partial charge in [-0.2, -0.15) is 0 Å². The molecule has 0 fully saturated rings. The van der Waals surface area contributed by atoms with E-state index >= 15 is 0 Å². The van der Waals surface area contributed by atoms with Crippen LogP contribution in [-0.2, 0) is 12.8 Å². The van der Waals surface area contributed by atoms with Gasteiger partial charge in [0.1, 0.15) is 5.82 Å². The molecule has 104 valence electrons. The first kappa shape index (κ1) is 13.8. The van der Waals surface area contributed by atoms with Crippen LogP contribution < -0.4 is 0 Å². The Hall–Kier alpha value is -1.19. The van der Waals surface area contributed by atoms with Crippen molar-refractivity contribution >= 4 is 15.9 Å². The molecule has 20 heavy (non-hydrogen) atoms. The first-order valence-corrected chi connectivity index (χ1v) is 7.64. The maximum atomic E-state index is 13.3. The van der Waals surface area contributed by atoms with Crippen molar-refractivity contribution in [2.75, 3.05) is 0 Å². The molecule has 1 aliphatic carbocycles. The standard InChI is InChI=1S/C17H16BrFO/c18-15-10-14(7-8-16(15)19)17(20)13-6-5-11-3-1-2-4-12(11)9-13/h1-4,7-8,10,13,17,20H,5-6,9H2. The predicted octanol–water partition coefficient (Wildman–Crippen LogP) is 4.43. The minimum absolute atomic E-state index is 0.197. The van der Waals surface area contributed by atoms with E-state index in [0.29, 0.717) is 4.47 Å². The van der Waals surface area contributed by atoms with Crippen LogP contribution >= 0.6 is 15.9 Å². The predicted molar refractivity (Wildman–Crippen MR) is 81.0 cm³/mol. The van der Waals surface area contributed by atoms with Crippen LogP contribution in [0.5, 0.6) is 0 Å². The highest BCUT2D eigenvalue weighted by atomic mass is 79.9. The van der Waals surface area contributed by atoms with Gasteiger partial charge >= 0.3 is 0 Å². The smallest absolute Gasteiger partial charge is 0.137 e. The van der Waals surface area contributed by atoms with Crippen molar-refractivity contribution in [2.45, 2.75) is 25.4 Å². The zero-order chi connectivity index (χ0) is 14.1. The van der Waals surface area contributed by atoms with E-state index < -0.39 is 6.10 Å². The zero-order valence-electron chi connectivity index (χ0n) is 11.0. The number of halogens is 2. The van der Waals surface area contributed by atoms with Crippen molar-refractivity contribution in [3.05, 3.63) is 69.4 Å². The van der Waals surface area contributed by atoms with Crippen molar-refractivity contribution < 1.29 is 9.50 Å². The van der Waals surface area contributed by atoms with E-state index in [4.69, 9.17) is 0 Å². The van der Waals surface area contributed by atoms with Crippen LogP contribution in [0.2, 0.25) is 0 Å². The third kappa shape index (κ3) is 2.65. The summed E-state index contributed by atoms with van der Waals surface area (Å²) in [7, 11) is 0. The summed E-state index contributed by atoms with van der Waals surface area (Å²) in [5, 5.41) is 10.5. The van der Waals surface area contributed by atoms with Gasteiger partial charge in [0, 0.05) is 0 Å². The quantitative estimate of drug-likeness (QED) is 0.861. The van der Waals surface area contributed by atoms with Crippen LogP contribution in [-0.4, -0.2) is 5.11 Å². The lowest BCUT2D eigenvalue weighted by Crippen LogP contribution is -2.21. The molecule has 0 radical (unpaired) electrons. The summed E-state index contributed by atoms with van der Waals surface area (Å²) in [4.78, 5) is 0. The van der Waals surface area contributed by atoms with Gasteiger partial charge in [-0.25, -0.2) is 4.39 Å². The molecular weight excluding hydrogens is 319 g/mol. The van der Waals surface area contributed by atoms with Crippen molar-refractivity contribution in [3.63, 3.8) is 0 Å². The van der Waals surface area contributed by atoms with E-state index in [1.54, 1.807) is 12.1 Å². The van der Waals surface area contributed by atoms with Crippen molar-refractivity contribution in [3.8, 4) is 0 Å². The summed E-state index contributed by atoms with van der Waals surface area (Å²) < 4.78 is 13.7. The second kappa shape index (κ2) is 5.66. The Morgan fingerprint density at radius 3 is 2.65 bits per heavy atom. The van der Waals surface area contributed by atoms with E-state index in [1.807, 2.05) is 6.07 Å². The van der Waals surface area contributed by atoms with Gasteiger partial charge in [0.05, 0.1) is 10.6 Å². The van der Waals surface area contributed by atoms with Gasteiger partial charge in [0.2, 0.25) is 0 Å². The molecule has 2 aromatic carbocycles. The number of aliphatic hydroxyl groups excluding tert-OH is 1. The van der Waals surface area contributed by atoms with Gasteiger partial charge < -0.3 is 5.11 Å². The minimum Gasteiger partial charge on any atom is -0.388 e. The molecule has 0 heterocycles. The summed E-state index contributed by atoms with van der Waals surface area (Å²) in [6, 6.07) is 13.2. The van der Waals surface area contributed by atoms with Crippen LogP contribution in [0, 0.1) is 11.7 Å². The topological polar surface area (TPSA) is 20.2 Å². The molecule has 0 aromatic heterocycles. The Bertz CT molecular complexity index is 626. The Kier molecular flexibility index (Phi) is 3.90. The summed E-state index contributed by atoms with van der Waals surface area (Å²) in [6.07, 6.45) is 2.31. The molecule has 2 unspecified atom stereocenters. The molecule has 2 aromatic rings. The molecule has 3 heteroatoms. The van der Waals surface area contributed by atoms with Gasteiger partial charge in [0.15, 0.2) is 0 Å². The lowest BCUT2D eigenvalue weighted by Gasteiger charge is -2.29. The molecule has 3 rings (SSSR count). The highest BCUT2D eigenvalue weighted by molar-refractivity contribution is 9.10. The Balaban J connectivity index is 1.82. The van der Waals surface area contributed by atoms with E-state index in [1.165, 1.54) is 17.2 Å². The van der Waals surface area contributed by atoms with E-state index in [2.05, 4.69) is 34.1 Å². The van der Waals surface area contributed by atoms with Gasteiger partial charge in [-0.15, -0.1) is 0 Å². The average molecular weight is 335 g/mol. The van der Waals surface area contributed by atoms with Gasteiger partial charge in [-0.05, 0) is 69.9 Å². The first-order valence-electron chi connectivity index (χ1n) is 6.85. The molecule has 1 aliphatic rings. The Morgan fingerprint density at radius 1 is 1.15 bits per heavy atom. The van der Waals surface area contributed by atoms with Crippen LogP contribution in [0.4, 0.5) is 4.39 Å². The molecule has 1 N–H and O–H groups in total. The van der Waals surface area contributed by atoms with Crippen molar-refractivity contribution in [1.82, 2.24) is 0 Å².